The van der Waals surface area contributed by atoms with Gasteiger partial charge in [0.2, 0.25) is 0 Å². The predicted molar refractivity (Wildman–Crippen MR) is 59.7 cm³/mol. The van der Waals surface area contributed by atoms with E-state index in [1.54, 1.807) is 0 Å². The molecule has 0 saturated carbocycles. The summed E-state index contributed by atoms with van der Waals surface area (Å²) in [7, 11) is 0. The lowest BCUT2D eigenvalue weighted by Gasteiger charge is -2.42. The fourth-order valence-corrected chi connectivity index (χ4v) is 1.97. The van der Waals surface area contributed by atoms with Gasteiger partial charge in [-0.25, -0.2) is 0 Å². The average molecular weight is 206 g/mol. The molecule has 1 unspecified atom stereocenters. The molecular weight excluding hydrogens is 188 g/mol. The van der Waals surface area contributed by atoms with Gasteiger partial charge in [-0.3, -0.25) is 0 Å². The van der Waals surface area contributed by atoms with E-state index in [1.807, 2.05) is 18.2 Å². The Kier molecular flexibility index (Phi) is 3.08. The van der Waals surface area contributed by atoms with E-state index >= 15 is 0 Å². The number of benzene rings is 1. The van der Waals surface area contributed by atoms with E-state index < -0.39 is 0 Å². The molecule has 1 aromatic rings. The van der Waals surface area contributed by atoms with E-state index in [1.165, 1.54) is 5.56 Å². The molecule has 1 aliphatic rings. The molecule has 1 aliphatic heterocycles. The molecule has 1 atom stereocenters. The van der Waals surface area contributed by atoms with Crippen molar-refractivity contribution < 1.29 is 9.47 Å². The summed E-state index contributed by atoms with van der Waals surface area (Å²) in [6, 6.07) is 10.2. The third-order valence-corrected chi connectivity index (χ3v) is 2.62. The predicted octanol–water partition coefficient (Wildman–Crippen LogP) is 2.77. The van der Waals surface area contributed by atoms with Gasteiger partial charge in [0.25, 0.3) is 0 Å². The maximum Gasteiger partial charge on any atom is 0.0843 e. The fraction of sp³-hybridized carbons (Fsp3) is 0.538. The van der Waals surface area contributed by atoms with Gasteiger partial charge in [-0.1, -0.05) is 30.3 Å². The molecule has 0 N–H and O–H groups in total. The van der Waals surface area contributed by atoms with Crippen molar-refractivity contribution in [3.8, 4) is 0 Å². The summed E-state index contributed by atoms with van der Waals surface area (Å²) in [5.74, 6) is 0. The van der Waals surface area contributed by atoms with E-state index in [2.05, 4.69) is 26.0 Å². The van der Waals surface area contributed by atoms with E-state index in [0.717, 1.165) is 6.42 Å². The number of ether oxygens (including phenoxy) is 2. The van der Waals surface area contributed by atoms with Crippen molar-refractivity contribution in [1.82, 2.24) is 0 Å². The average Bonchev–Trinajstić information content (AvgIpc) is 2.16. The zero-order valence-electron chi connectivity index (χ0n) is 9.40. The lowest BCUT2D eigenvalue weighted by Crippen LogP contribution is -2.47. The van der Waals surface area contributed by atoms with Crippen molar-refractivity contribution in [2.24, 2.45) is 0 Å². The molecule has 0 spiro atoms. The van der Waals surface area contributed by atoms with Gasteiger partial charge in [0, 0.05) is 6.42 Å². The molecule has 15 heavy (non-hydrogen) atoms. The minimum Gasteiger partial charge on any atom is -0.374 e. The second-order valence-corrected chi connectivity index (χ2v) is 4.70. The van der Waals surface area contributed by atoms with Crippen LogP contribution >= 0.6 is 0 Å². The van der Waals surface area contributed by atoms with Crippen molar-refractivity contribution in [3.05, 3.63) is 35.9 Å². The van der Waals surface area contributed by atoms with Crippen LogP contribution in [0.4, 0.5) is 0 Å². The smallest absolute Gasteiger partial charge is 0.0843 e. The Balaban J connectivity index is 1.64. The summed E-state index contributed by atoms with van der Waals surface area (Å²) >= 11 is 0. The van der Waals surface area contributed by atoms with Crippen LogP contribution in [-0.4, -0.2) is 18.3 Å². The largest absolute Gasteiger partial charge is 0.374 e. The SMILES string of the molecule is CC1(C)CC(COCc2ccccc2)O1. The molecule has 0 aromatic heterocycles. The molecule has 0 bridgehead atoms. The van der Waals surface area contributed by atoms with Gasteiger partial charge in [-0.15, -0.1) is 0 Å². The molecule has 0 aliphatic carbocycles. The lowest BCUT2D eigenvalue weighted by molar-refractivity contribution is -0.204. The van der Waals surface area contributed by atoms with Gasteiger partial charge < -0.3 is 9.47 Å². The second-order valence-electron chi connectivity index (χ2n) is 4.70. The van der Waals surface area contributed by atoms with E-state index in [-0.39, 0.29) is 5.60 Å². The van der Waals surface area contributed by atoms with Crippen LogP contribution in [0.15, 0.2) is 30.3 Å². The molecule has 1 heterocycles. The number of rotatable bonds is 4. The molecule has 0 amide bonds. The molecule has 2 rings (SSSR count). The summed E-state index contributed by atoms with van der Waals surface area (Å²) in [4.78, 5) is 0. The fourth-order valence-electron chi connectivity index (χ4n) is 1.97. The van der Waals surface area contributed by atoms with Crippen molar-refractivity contribution in [1.29, 1.82) is 0 Å². The molecular formula is C13H18O2. The highest BCUT2D eigenvalue weighted by molar-refractivity contribution is 5.13. The minimum atomic E-state index is 0.0702. The highest BCUT2D eigenvalue weighted by Crippen LogP contribution is 2.31. The van der Waals surface area contributed by atoms with Gasteiger partial charge in [0.05, 0.1) is 24.9 Å². The minimum absolute atomic E-state index is 0.0702. The summed E-state index contributed by atoms with van der Waals surface area (Å²) < 4.78 is 11.2. The molecule has 0 radical (unpaired) electrons. The first-order valence-corrected chi connectivity index (χ1v) is 5.45. The third-order valence-electron chi connectivity index (χ3n) is 2.62. The van der Waals surface area contributed by atoms with Crippen LogP contribution in [0.2, 0.25) is 0 Å². The van der Waals surface area contributed by atoms with Gasteiger partial charge >= 0.3 is 0 Å². The van der Waals surface area contributed by atoms with E-state index in [4.69, 9.17) is 9.47 Å². The monoisotopic (exact) mass is 206 g/mol. The Bertz CT molecular complexity index is 298. The first kappa shape index (κ1) is 10.7. The quantitative estimate of drug-likeness (QED) is 0.754. The van der Waals surface area contributed by atoms with E-state index in [9.17, 15) is 0 Å². The summed E-state index contributed by atoms with van der Waals surface area (Å²) in [5.41, 5.74) is 1.29. The van der Waals surface area contributed by atoms with Gasteiger partial charge in [0.15, 0.2) is 0 Å². The highest BCUT2D eigenvalue weighted by Gasteiger charge is 2.36. The van der Waals surface area contributed by atoms with Crippen LogP contribution in [0.25, 0.3) is 0 Å². The van der Waals surface area contributed by atoms with Crippen LogP contribution in [0.5, 0.6) is 0 Å². The Hall–Kier alpha value is -0.860. The molecule has 82 valence electrons. The Morgan fingerprint density at radius 1 is 1.33 bits per heavy atom. The van der Waals surface area contributed by atoms with Gasteiger partial charge in [-0.05, 0) is 19.4 Å². The van der Waals surface area contributed by atoms with Gasteiger partial charge in [-0.2, -0.15) is 0 Å². The van der Waals surface area contributed by atoms with E-state index in [0.29, 0.717) is 19.3 Å². The summed E-state index contributed by atoms with van der Waals surface area (Å²) in [5, 5.41) is 0. The molecule has 2 nitrogen and oxygen atoms in total. The van der Waals surface area contributed by atoms with Crippen LogP contribution in [0.1, 0.15) is 25.8 Å². The molecule has 1 fully saturated rings. The summed E-state index contributed by atoms with van der Waals surface area (Å²) in [6.07, 6.45) is 1.39. The Labute approximate surface area is 91.2 Å². The van der Waals surface area contributed by atoms with Crippen molar-refractivity contribution >= 4 is 0 Å². The normalized spacial score (nSPS) is 23.5. The van der Waals surface area contributed by atoms with Crippen LogP contribution in [0.3, 0.4) is 0 Å². The topological polar surface area (TPSA) is 18.5 Å². The standard InChI is InChI=1S/C13H18O2/c1-13(2)8-12(15-13)10-14-9-11-6-4-3-5-7-11/h3-7,12H,8-10H2,1-2H3. The maximum atomic E-state index is 5.64. The van der Waals surface area contributed by atoms with Crippen LogP contribution in [-0.2, 0) is 16.1 Å². The Morgan fingerprint density at radius 2 is 2.00 bits per heavy atom. The first-order chi connectivity index (χ1) is 7.16. The van der Waals surface area contributed by atoms with Crippen molar-refractivity contribution in [3.63, 3.8) is 0 Å². The van der Waals surface area contributed by atoms with Gasteiger partial charge in [0.1, 0.15) is 0 Å². The zero-order chi connectivity index (χ0) is 10.7. The zero-order valence-corrected chi connectivity index (χ0v) is 9.40. The maximum absolute atomic E-state index is 5.64. The molecule has 2 heteroatoms. The van der Waals surface area contributed by atoms with Crippen molar-refractivity contribution in [2.75, 3.05) is 6.61 Å². The molecule has 1 aromatic carbocycles. The van der Waals surface area contributed by atoms with Crippen LogP contribution in [0, 0.1) is 0 Å². The summed E-state index contributed by atoms with van der Waals surface area (Å²) in [6.45, 7) is 5.61. The number of hydrogen-bond donors (Lipinski definition) is 0. The van der Waals surface area contributed by atoms with Crippen LogP contribution < -0.4 is 0 Å². The third kappa shape index (κ3) is 3.05. The molecule has 1 saturated heterocycles. The number of hydrogen-bond acceptors (Lipinski definition) is 2. The van der Waals surface area contributed by atoms with Crippen molar-refractivity contribution in [2.45, 2.75) is 38.6 Å². The lowest BCUT2D eigenvalue weighted by atomic mass is 9.94. The Morgan fingerprint density at radius 3 is 2.60 bits per heavy atom. The first-order valence-electron chi connectivity index (χ1n) is 5.45. The second kappa shape index (κ2) is 4.33. The highest BCUT2D eigenvalue weighted by atomic mass is 16.6.